The Bertz CT molecular complexity index is 1110. The van der Waals surface area contributed by atoms with Crippen LogP contribution in [0.4, 0.5) is 11.4 Å². The number of ether oxygens (including phenoxy) is 2. The number of alkyl halides is 1. The number of pyridine rings is 1. The monoisotopic (exact) mass is 742 g/mol. The van der Waals surface area contributed by atoms with Gasteiger partial charge in [0, 0.05) is 0 Å². The Kier molecular flexibility index (Phi) is 7.48. The van der Waals surface area contributed by atoms with E-state index in [0.717, 1.165) is 38.7 Å². The topological polar surface area (TPSA) is 129 Å². The first-order chi connectivity index (χ1) is 15.4. The summed E-state index contributed by atoms with van der Waals surface area (Å²) < 4.78 is 20.7. The normalized spacial score (nSPS) is 17.0. The van der Waals surface area contributed by atoms with Gasteiger partial charge in [-0.15, -0.1) is 0 Å². The van der Waals surface area contributed by atoms with Crippen molar-refractivity contribution in [1.29, 1.82) is 0 Å². The number of hydrogen-bond donors (Lipinski definition) is 2. The summed E-state index contributed by atoms with van der Waals surface area (Å²) in [5.74, 6) is 7.65. The average molecular weight is 742 g/mol. The third-order valence-corrected chi connectivity index (χ3v) is 10.0. The van der Waals surface area contributed by atoms with Crippen LogP contribution < -0.4 is 45.9 Å². The van der Waals surface area contributed by atoms with E-state index in [-0.39, 0.29) is 21.5 Å². The zero-order valence-electron chi connectivity index (χ0n) is 18.1. The van der Waals surface area contributed by atoms with Crippen LogP contribution >= 0.6 is 0 Å². The number of aromatic nitrogens is 3. The predicted molar refractivity (Wildman–Crippen MR) is 118 cm³/mol. The number of halogens is 1. The van der Waals surface area contributed by atoms with E-state index < -0.39 is 0 Å². The Balaban J connectivity index is 1.69. The van der Waals surface area contributed by atoms with Gasteiger partial charge >= 0.3 is 214 Å². The Labute approximate surface area is 212 Å². The van der Waals surface area contributed by atoms with Gasteiger partial charge in [-0.1, -0.05) is 0 Å². The number of nitrogens with zero attached hydrogens (tertiary/aromatic N) is 5. The molecule has 3 aromatic rings. The number of nitrogen functional groups attached to an aromatic ring is 1. The predicted octanol–water partition coefficient (Wildman–Crippen LogP) is -2.32. The molecule has 12 heteroatoms. The van der Waals surface area contributed by atoms with Gasteiger partial charge in [0.05, 0.1) is 0 Å². The van der Waals surface area contributed by atoms with Gasteiger partial charge < -0.3 is 0 Å². The van der Waals surface area contributed by atoms with Crippen molar-refractivity contribution in [2.24, 2.45) is 5.84 Å². The van der Waals surface area contributed by atoms with Crippen molar-refractivity contribution < 1.29 is 35.4 Å². The second kappa shape index (κ2) is 10.1. The van der Waals surface area contributed by atoms with Crippen molar-refractivity contribution in [2.75, 3.05) is 38.1 Å². The molecule has 1 aliphatic heterocycles. The second-order valence-corrected chi connectivity index (χ2v) is 13.2. The van der Waals surface area contributed by atoms with Gasteiger partial charge in [0.1, 0.15) is 0 Å². The number of benzene rings is 1. The number of methoxy groups -OCH3 is 1. The fraction of sp³-hybridized carbons (Fsp3) is 0.350. The third-order valence-electron chi connectivity index (χ3n) is 4.90. The van der Waals surface area contributed by atoms with E-state index in [1.54, 1.807) is 18.3 Å². The Morgan fingerprint density at radius 1 is 1.31 bits per heavy atom. The van der Waals surface area contributed by atoms with Gasteiger partial charge in [-0.05, 0) is 0 Å². The standard InChI is InChI=1S/C20H24IN7O3.Tl/c1-12-21-28(4-5-30-12)11-18-25-26-19(31-18)14-6-13(7-16(8-14)27(2)23)15-9-17(22)20(29-3)24-10-15;/h6-7,9-10,12H,4-5,11,22-23H2,1-3H3;/q-1;/t12-;/m1./s1. The zero-order chi connectivity index (χ0) is 22.8. The van der Waals surface area contributed by atoms with Gasteiger partial charge in [-0.3, -0.25) is 0 Å². The first kappa shape index (κ1) is 23.6. The molecule has 3 heterocycles. The van der Waals surface area contributed by atoms with Crippen molar-refractivity contribution >= 4 is 40.3 Å². The van der Waals surface area contributed by atoms with Crippen molar-refractivity contribution in [3.05, 3.63) is 30.3 Å². The van der Waals surface area contributed by atoms with Crippen molar-refractivity contribution in [1.82, 2.24) is 18.3 Å². The molecule has 0 amide bonds. The maximum absolute atomic E-state index is 6.14. The van der Waals surface area contributed by atoms with Gasteiger partial charge in [-0.2, -0.15) is 0 Å². The summed E-state index contributed by atoms with van der Waals surface area (Å²) in [4.78, 5) is 4.30. The summed E-state index contributed by atoms with van der Waals surface area (Å²) in [6.45, 7) is 4.40. The third kappa shape index (κ3) is 5.16. The maximum atomic E-state index is 6.14. The molecule has 1 atom stereocenters. The molecular weight excluding hydrogens is 718 g/mol. The molecule has 0 aliphatic carbocycles. The fourth-order valence-corrected chi connectivity index (χ4v) is 7.75. The Hall–Kier alpha value is -1.56. The number of rotatable bonds is 6. The molecule has 0 radical (unpaired) electrons. The number of hydrogen-bond acceptors (Lipinski definition) is 10. The van der Waals surface area contributed by atoms with E-state index >= 15 is 0 Å². The van der Waals surface area contributed by atoms with Crippen molar-refractivity contribution in [2.45, 2.75) is 17.6 Å². The molecule has 0 spiro atoms. The van der Waals surface area contributed by atoms with Gasteiger partial charge in [-0.25, -0.2) is 0 Å². The second-order valence-electron chi connectivity index (χ2n) is 7.25. The summed E-state index contributed by atoms with van der Waals surface area (Å²) >= 11 is 0.294. The summed E-state index contributed by atoms with van der Waals surface area (Å²) in [6.07, 6.45) is 1.73. The van der Waals surface area contributed by atoms with Crippen LogP contribution in [0.25, 0.3) is 22.6 Å². The van der Waals surface area contributed by atoms with Crippen LogP contribution in [0.3, 0.4) is 0 Å². The molecule has 1 aromatic carbocycles. The van der Waals surface area contributed by atoms with Gasteiger partial charge in [0.2, 0.25) is 0 Å². The number of nitrogens with two attached hydrogens (primary N) is 2. The molecule has 0 saturated carbocycles. The zero-order valence-corrected chi connectivity index (χ0v) is 24.7. The van der Waals surface area contributed by atoms with Crippen molar-refractivity contribution in [3.8, 4) is 28.5 Å². The summed E-state index contributed by atoms with van der Waals surface area (Å²) in [5, 5.41) is 10.3. The molecule has 1 fully saturated rings. The van der Waals surface area contributed by atoms with Crippen LogP contribution in [0.1, 0.15) is 12.8 Å². The van der Waals surface area contributed by atoms with Crippen LogP contribution in [0.2, 0.25) is 0 Å². The number of anilines is 2. The molecule has 32 heavy (non-hydrogen) atoms. The molecule has 1 aliphatic rings. The fourth-order valence-electron chi connectivity index (χ4n) is 3.34. The minimum absolute atomic E-state index is 0.211. The van der Waals surface area contributed by atoms with Gasteiger partial charge in [0.15, 0.2) is 0 Å². The van der Waals surface area contributed by atoms with E-state index in [2.05, 4.69) is 25.2 Å². The van der Waals surface area contributed by atoms with E-state index in [9.17, 15) is 0 Å². The molecule has 2 aromatic heterocycles. The summed E-state index contributed by atoms with van der Waals surface area (Å²) in [7, 11) is 3.36. The first-order valence-corrected chi connectivity index (χ1v) is 14.4. The Morgan fingerprint density at radius 3 is 2.81 bits per heavy atom. The van der Waals surface area contributed by atoms with E-state index in [0.29, 0.717) is 59.8 Å². The molecule has 0 bridgehead atoms. The molecule has 4 N–H and O–H groups in total. The van der Waals surface area contributed by atoms with Crippen LogP contribution in [0.15, 0.2) is 28.8 Å². The van der Waals surface area contributed by atoms with Crippen LogP contribution in [-0.4, -0.2) is 75.5 Å². The quantitative estimate of drug-likeness (QED) is 0.0710. The molecule has 0 unspecified atom stereocenters. The average Bonchev–Trinajstić information content (AvgIpc) is 3.21. The van der Waals surface area contributed by atoms with Crippen LogP contribution in [0.5, 0.6) is 5.88 Å². The molecular formula is C20H24IN7O3Tl-. The van der Waals surface area contributed by atoms with Crippen LogP contribution in [0, 0.1) is 0 Å². The van der Waals surface area contributed by atoms with Crippen molar-refractivity contribution in [3.63, 3.8) is 0 Å². The molecule has 1 saturated heterocycles. The van der Waals surface area contributed by atoms with Gasteiger partial charge in [0.25, 0.3) is 0 Å². The molecule has 10 nitrogen and oxygen atoms in total. The summed E-state index contributed by atoms with van der Waals surface area (Å²) in [5.41, 5.74) is 10.1. The number of hydrazine groups is 1. The Morgan fingerprint density at radius 2 is 2.12 bits per heavy atom. The molecule has 168 valence electrons. The minimum atomic E-state index is -0.211. The SMILES string of the molecule is COc1ncc(-c2cc(-c3nnc(CN4CCO[C@H](C)[I-]4)o3)[c]([Tl])c(N(C)N)c2)cc1N. The first-order valence-electron chi connectivity index (χ1n) is 9.90. The van der Waals surface area contributed by atoms with Crippen LogP contribution in [-0.2, 0) is 11.3 Å². The summed E-state index contributed by atoms with van der Waals surface area (Å²) in [6, 6.07) is 5.90. The molecule has 4 rings (SSSR count). The van der Waals surface area contributed by atoms with E-state index in [4.69, 9.17) is 25.5 Å². The van der Waals surface area contributed by atoms with E-state index in [1.807, 2.05) is 25.2 Å². The van der Waals surface area contributed by atoms with E-state index in [1.165, 1.54) is 0 Å².